The zero-order chi connectivity index (χ0) is 17.4. The highest BCUT2D eigenvalue weighted by atomic mass is 32.1. The molecule has 0 unspecified atom stereocenters. The smallest absolute Gasteiger partial charge is 0.414 e. The van der Waals surface area contributed by atoms with E-state index in [4.69, 9.17) is 17.0 Å². The average molecular weight is 356 g/mol. The molecule has 0 bridgehead atoms. The van der Waals surface area contributed by atoms with Gasteiger partial charge in [0.15, 0.2) is 0 Å². The van der Waals surface area contributed by atoms with Crippen molar-refractivity contribution in [2.75, 3.05) is 18.0 Å². The second-order valence-corrected chi connectivity index (χ2v) is 7.13. The van der Waals surface area contributed by atoms with Crippen LogP contribution < -0.4 is 10.2 Å². The number of thiocarbonyl (C=S) groups is 1. The lowest BCUT2D eigenvalue weighted by atomic mass is 10.0. The van der Waals surface area contributed by atoms with E-state index in [1.807, 2.05) is 19.2 Å². The summed E-state index contributed by atoms with van der Waals surface area (Å²) in [6, 6.07) is 6.16. The van der Waals surface area contributed by atoms with E-state index < -0.39 is 0 Å². The van der Waals surface area contributed by atoms with Crippen molar-refractivity contribution in [3.05, 3.63) is 35.5 Å². The summed E-state index contributed by atoms with van der Waals surface area (Å²) in [4.78, 5) is 14.7. The summed E-state index contributed by atoms with van der Waals surface area (Å²) in [5, 5.41) is 10.3. The molecular weight excluding hydrogens is 336 g/mol. The molecule has 1 saturated heterocycles. The normalized spacial score (nSPS) is 19.0. The van der Waals surface area contributed by atoms with Crippen molar-refractivity contribution in [3.8, 4) is 11.3 Å². The summed E-state index contributed by atoms with van der Waals surface area (Å²) < 4.78 is 5.44. The topological polar surface area (TPSA) is 70.2 Å². The molecule has 1 amide bonds. The molecule has 1 aromatic heterocycles. The fourth-order valence-electron chi connectivity index (χ4n) is 3.50. The first-order valence-electron chi connectivity index (χ1n) is 8.50. The molecule has 2 N–H and O–H groups in total. The van der Waals surface area contributed by atoms with Crippen LogP contribution in [-0.4, -0.2) is 40.5 Å². The van der Waals surface area contributed by atoms with Gasteiger partial charge in [-0.2, -0.15) is 5.10 Å². The number of amides is 1. The first kappa shape index (κ1) is 16.1. The lowest BCUT2D eigenvalue weighted by Gasteiger charge is -2.16. The molecule has 1 aliphatic heterocycles. The molecule has 4 rings (SSSR count). The SMILES string of the molecule is CC(=S)NC[C@H]1CN(c2ccc3c(c2)CCCc2cn[nH]c2-3)C(=O)O1. The van der Waals surface area contributed by atoms with Crippen LogP contribution in [0.2, 0.25) is 0 Å². The molecular formula is C18H20N4O2S. The quantitative estimate of drug-likeness (QED) is 0.828. The summed E-state index contributed by atoms with van der Waals surface area (Å²) in [7, 11) is 0. The molecule has 0 saturated carbocycles. The largest absolute Gasteiger partial charge is 0.442 e. The van der Waals surface area contributed by atoms with E-state index in [9.17, 15) is 4.79 Å². The predicted octanol–water partition coefficient (Wildman–Crippen LogP) is 2.83. The van der Waals surface area contributed by atoms with Gasteiger partial charge in [-0.1, -0.05) is 18.3 Å². The van der Waals surface area contributed by atoms with Gasteiger partial charge in [-0.05, 0) is 49.4 Å². The number of rotatable bonds is 3. The van der Waals surface area contributed by atoms with Gasteiger partial charge in [0.25, 0.3) is 0 Å². The number of nitrogens with one attached hydrogen (secondary N) is 2. The number of fused-ring (bicyclic) bond motifs is 3. The molecule has 6 nitrogen and oxygen atoms in total. The number of ether oxygens (including phenoxy) is 1. The summed E-state index contributed by atoms with van der Waals surface area (Å²) in [6.07, 6.45) is 4.50. The Kier molecular flexibility index (Phi) is 4.17. The predicted molar refractivity (Wildman–Crippen MR) is 99.9 cm³/mol. The van der Waals surface area contributed by atoms with Gasteiger partial charge >= 0.3 is 6.09 Å². The lowest BCUT2D eigenvalue weighted by Crippen LogP contribution is -2.32. The van der Waals surface area contributed by atoms with E-state index in [1.54, 1.807) is 4.90 Å². The van der Waals surface area contributed by atoms with Gasteiger partial charge in [0, 0.05) is 11.3 Å². The van der Waals surface area contributed by atoms with E-state index >= 15 is 0 Å². The Balaban J connectivity index is 1.58. The molecule has 0 radical (unpaired) electrons. The van der Waals surface area contributed by atoms with Gasteiger partial charge in [0.1, 0.15) is 6.10 Å². The number of carbonyl (C=O) groups excluding carboxylic acids is 1. The number of nitrogens with zero attached hydrogens (tertiary/aromatic N) is 2. The third kappa shape index (κ3) is 3.11. The van der Waals surface area contributed by atoms with Crippen molar-refractivity contribution in [1.82, 2.24) is 15.5 Å². The van der Waals surface area contributed by atoms with Crippen LogP contribution in [0.25, 0.3) is 11.3 Å². The van der Waals surface area contributed by atoms with Crippen molar-refractivity contribution in [3.63, 3.8) is 0 Å². The molecule has 7 heteroatoms. The van der Waals surface area contributed by atoms with Gasteiger partial charge in [-0.25, -0.2) is 4.79 Å². The second kappa shape index (κ2) is 6.48. The minimum atomic E-state index is -0.301. The first-order valence-corrected chi connectivity index (χ1v) is 8.91. The van der Waals surface area contributed by atoms with Crippen molar-refractivity contribution in [2.24, 2.45) is 0 Å². The standard InChI is InChI=1S/C18H20N4O2S/c1-11(25)19-9-15-10-22(18(23)24-15)14-5-6-16-12(7-14)3-2-4-13-8-20-21-17(13)16/h5-8,15H,2-4,9-10H2,1H3,(H,19,25)(H,20,21)/t15-/m0/s1. The van der Waals surface area contributed by atoms with Crippen molar-refractivity contribution >= 4 is 29.0 Å². The Morgan fingerprint density at radius 1 is 1.44 bits per heavy atom. The Morgan fingerprint density at radius 2 is 2.28 bits per heavy atom. The summed E-state index contributed by atoms with van der Waals surface area (Å²) >= 11 is 5.01. The van der Waals surface area contributed by atoms with Crippen LogP contribution in [0.5, 0.6) is 0 Å². The maximum absolute atomic E-state index is 12.2. The van der Waals surface area contributed by atoms with E-state index in [0.29, 0.717) is 18.1 Å². The van der Waals surface area contributed by atoms with Gasteiger partial charge in [0.2, 0.25) is 0 Å². The maximum atomic E-state index is 12.2. The van der Waals surface area contributed by atoms with Crippen LogP contribution in [0.15, 0.2) is 24.4 Å². The molecule has 25 heavy (non-hydrogen) atoms. The molecule has 2 heterocycles. The number of aromatic amines is 1. The summed E-state index contributed by atoms with van der Waals surface area (Å²) in [5.41, 5.74) is 5.66. The van der Waals surface area contributed by atoms with E-state index in [0.717, 1.165) is 30.6 Å². The number of benzene rings is 1. The van der Waals surface area contributed by atoms with Gasteiger partial charge in [-0.15, -0.1) is 0 Å². The third-order valence-corrected chi connectivity index (χ3v) is 4.88. The Hall–Kier alpha value is -2.41. The lowest BCUT2D eigenvalue weighted by molar-refractivity contribution is 0.143. The monoisotopic (exact) mass is 356 g/mol. The number of cyclic esters (lactones) is 1. The van der Waals surface area contributed by atoms with Crippen molar-refractivity contribution < 1.29 is 9.53 Å². The van der Waals surface area contributed by atoms with Crippen molar-refractivity contribution in [2.45, 2.75) is 32.3 Å². The van der Waals surface area contributed by atoms with Crippen LogP contribution in [0.1, 0.15) is 24.5 Å². The molecule has 2 aliphatic rings. The third-order valence-electron chi connectivity index (χ3n) is 4.73. The minimum Gasteiger partial charge on any atom is -0.442 e. The van der Waals surface area contributed by atoms with Crippen LogP contribution in [0.4, 0.5) is 10.5 Å². The number of hydrogen-bond acceptors (Lipinski definition) is 4. The summed E-state index contributed by atoms with van der Waals surface area (Å²) in [5.74, 6) is 0. The number of H-pyrrole nitrogens is 1. The average Bonchev–Trinajstić information content (AvgIpc) is 3.15. The van der Waals surface area contributed by atoms with Crippen molar-refractivity contribution in [1.29, 1.82) is 0 Å². The van der Waals surface area contributed by atoms with Crippen LogP contribution >= 0.6 is 12.2 Å². The zero-order valence-corrected chi connectivity index (χ0v) is 14.9. The molecule has 1 aliphatic carbocycles. The van der Waals surface area contributed by atoms with Crippen LogP contribution in [-0.2, 0) is 17.6 Å². The Bertz CT molecular complexity index is 832. The van der Waals surface area contributed by atoms with E-state index in [-0.39, 0.29) is 12.2 Å². The first-order chi connectivity index (χ1) is 12.1. The van der Waals surface area contributed by atoms with Gasteiger partial charge in [-0.3, -0.25) is 10.00 Å². The molecule has 1 fully saturated rings. The number of carbonyl (C=O) groups is 1. The highest BCUT2D eigenvalue weighted by molar-refractivity contribution is 7.80. The minimum absolute atomic E-state index is 0.191. The van der Waals surface area contributed by atoms with Crippen LogP contribution in [0.3, 0.4) is 0 Å². The van der Waals surface area contributed by atoms with E-state index in [1.165, 1.54) is 16.7 Å². The highest BCUT2D eigenvalue weighted by Crippen LogP contribution is 2.34. The maximum Gasteiger partial charge on any atom is 0.414 e. The van der Waals surface area contributed by atoms with Gasteiger partial charge < -0.3 is 10.1 Å². The molecule has 0 spiro atoms. The molecule has 2 aromatic rings. The molecule has 1 aromatic carbocycles. The molecule has 130 valence electrons. The number of aryl methyl sites for hydroxylation is 2. The zero-order valence-electron chi connectivity index (χ0n) is 14.0. The number of hydrogen-bond donors (Lipinski definition) is 2. The number of anilines is 1. The highest BCUT2D eigenvalue weighted by Gasteiger charge is 2.32. The fraction of sp³-hybridized carbons (Fsp3) is 0.389. The Labute approximate surface area is 151 Å². The summed E-state index contributed by atoms with van der Waals surface area (Å²) in [6.45, 7) is 2.89. The second-order valence-electron chi connectivity index (χ2n) is 6.52. The van der Waals surface area contributed by atoms with E-state index in [2.05, 4.69) is 27.6 Å². The van der Waals surface area contributed by atoms with Crippen LogP contribution in [0, 0.1) is 0 Å². The molecule has 1 atom stereocenters. The number of aromatic nitrogens is 2. The van der Waals surface area contributed by atoms with Gasteiger partial charge in [0.05, 0.1) is 30.0 Å². The Morgan fingerprint density at radius 3 is 3.12 bits per heavy atom. The fourth-order valence-corrected chi connectivity index (χ4v) is 3.58.